The zero-order valence-electron chi connectivity index (χ0n) is 14.7. The van der Waals surface area contributed by atoms with E-state index in [1.165, 1.54) is 11.3 Å². The van der Waals surface area contributed by atoms with Crippen molar-refractivity contribution in [3.63, 3.8) is 0 Å². The van der Waals surface area contributed by atoms with E-state index >= 15 is 0 Å². The molecule has 7 heteroatoms. The number of primary amides is 1. The molecule has 4 rings (SSSR count). The molecule has 0 aliphatic heterocycles. The Balaban J connectivity index is 1.66. The van der Waals surface area contributed by atoms with Gasteiger partial charge in [0.1, 0.15) is 22.9 Å². The van der Waals surface area contributed by atoms with Crippen LogP contribution in [-0.2, 0) is 6.61 Å². The van der Waals surface area contributed by atoms with Gasteiger partial charge in [-0.2, -0.15) is 0 Å². The summed E-state index contributed by atoms with van der Waals surface area (Å²) in [5.41, 5.74) is 6.83. The van der Waals surface area contributed by atoms with Crippen molar-refractivity contribution in [2.24, 2.45) is 5.73 Å². The van der Waals surface area contributed by atoms with Gasteiger partial charge < -0.3 is 20.2 Å². The number of anilines is 1. The van der Waals surface area contributed by atoms with Crippen molar-refractivity contribution in [3.8, 4) is 5.75 Å². The quantitative estimate of drug-likeness (QED) is 0.508. The molecule has 0 fully saturated rings. The predicted molar refractivity (Wildman–Crippen MR) is 108 cm³/mol. The van der Waals surface area contributed by atoms with Crippen molar-refractivity contribution in [1.82, 2.24) is 0 Å². The predicted octanol–water partition coefficient (Wildman–Crippen LogP) is 4.42. The van der Waals surface area contributed by atoms with Crippen molar-refractivity contribution in [2.45, 2.75) is 6.61 Å². The Morgan fingerprint density at radius 2 is 1.79 bits per heavy atom. The zero-order chi connectivity index (χ0) is 19.5. The fourth-order valence-corrected chi connectivity index (χ4v) is 3.65. The van der Waals surface area contributed by atoms with Gasteiger partial charge in [0.05, 0.1) is 5.56 Å². The van der Waals surface area contributed by atoms with Crippen LogP contribution in [0, 0.1) is 0 Å². The van der Waals surface area contributed by atoms with Crippen molar-refractivity contribution in [2.75, 3.05) is 5.32 Å². The van der Waals surface area contributed by atoms with Crippen LogP contribution >= 0.6 is 11.3 Å². The molecule has 0 aliphatic carbocycles. The van der Waals surface area contributed by atoms with Crippen LogP contribution in [0.4, 0.5) is 5.00 Å². The molecule has 2 aromatic heterocycles. The lowest BCUT2D eigenvalue weighted by Gasteiger charge is -2.07. The minimum absolute atomic E-state index is 0.140. The smallest absolute Gasteiger partial charge is 0.292 e. The Morgan fingerprint density at radius 3 is 2.57 bits per heavy atom. The van der Waals surface area contributed by atoms with E-state index in [2.05, 4.69) is 5.32 Å². The van der Waals surface area contributed by atoms with Crippen LogP contribution in [0.5, 0.6) is 5.75 Å². The lowest BCUT2D eigenvalue weighted by atomic mass is 10.1. The van der Waals surface area contributed by atoms with E-state index in [4.69, 9.17) is 14.9 Å². The molecule has 2 aromatic carbocycles. The lowest BCUT2D eigenvalue weighted by molar-refractivity contribution is 0.0995. The van der Waals surface area contributed by atoms with E-state index in [-0.39, 0.29) is 17.9 Å². The average Bonchev–Trinajstić information content (AvgIpc) is 3.31. The number of carbonyl (C=O) groups is 2. The molecular weight excluding hydrogens is 376 g/mol. The van der Waals surface area contributed by atoms with E-state index < -0.39 is 11.8 Å². The van der Waals surface area contributed by atoms with Gasteiger partial charge in [0, 0.05) is 10.9 Å². The van der Waals surface area contributed by atoms with E-state index in [1.807, 2.05) is 48.5 Å². The number of carbonyl (C=O) groups excluding carboxylic acids is 2. The van der Waals surface area contributed by atoms with Gasteiger partial charge >= 0.3 is 0 Å². The minimum atomic E-state index is -0.603. The second-order valence-corrected chi connectivity index (χ2v) is 6.91. The molecule has 0 saturated heterocycles. The van der Waals surface area contributed by atoms with Crippen molar-refractivity contribution >= 4 is 39.1 Å². The molecule has 0 atom stereocenters. The highest BCUT2D eigenvalue weighted by Gasteiger charge is 2.23. The van der Waals surface area contributed by atoms with Gasteiger partial charge in [-0.05, 0) is 29.6 Å². The van der Waals surface area contributed by atoms with E-state index in [0.29, 0.717) is 21.9 Å². The summed E-state index contributed by atoms with van der Waals surface area (Å²) < 4.78 is 11.6. The number of rotatable bonds is 6. The number of benzene rings is 2. The highest BCUT2D eigenvalue weighted by molar-refractivity contribution is 7.14. The number of furan rings is 1. The summed E-state index contributed by atoms with van der Waals surface area (Å²) in [5.74, 6) is -0.240. The number of nitrogens with two attached hydrogens (primary N) is 1. The summed E-state index contributed by atoms with van der Waals surface area (Å²) in [6, 6.07) is 18.3. The Labute approximate surface area is 164 Å². The minimum Gasteiger partial charge on any atom is -0.489 e. The van der Waals surface area contributed by atoms with Crippen molar-refractivity contribution in [1.29, 1.82) is 0 Å². The van der Waals surface area contributed by atoms with Crippen LogP contribution in [0.15, 0.2) is 70.5 Å². The van der Waals surface area contributed by atoms with Gasteiger partial charge in [-0.15, -0.1) is 11.3 Å². The number of hydrogen-bond acceptors (Lipinski definition) is 5. The number of ether oxygens (including phenoxy) is 1. The summed E-state index contributed by atoms with van der Waals surface area (Å²) >= 11 is 1.22. The summed E-state index contributed by atoms with van der Waals surface area (Å²) in [4.78, 5) is 24.4. The van der Waals surface area contributed by atoms with Crippen molar-refractivity contribution in [3.05, 3.63) is 82.9 Å². The molecule has 2 heterocycles. The number of amides is 2. The van der Waals surface area contributed by atoms with Gasteiger partial charge in [-0.25, -0.2) is 0 Å². The first-order chi connectivity index (χ1) is 13.6. The summed E-state index contributed by atoms with van der Waals surface area (Å²) in [6.07, 6.45) is 0. The van der Waals surface area contributed by atoms with Crippen LogP contribution in [0.3, 0.4) is 0 Å². The van der Waals surface area contributed by atoms with E-state index in [0.717, 1.165) is 5.39 Å². The molecule has 140 valence electrons. The summed E-state index contributed by atoms with van der Waals surface area (Å²) in [6.45, 7) is 0.164. The first-order valence-corrected chi connectivity index (χ1v) is 9.38. The lowest BCUT2D eigenvalue weighted by Crippen LogP contribution is -2.17. The average molecular weight is 392 g/mol. The second-order valence-electron chi connectivity index (χ2n) is 5.99. The maximum Gasteiger partial charge on any atom is 0.292 e. The number of para-hydroxylation sites is 2. The van der Waals surface area contributed by atoms with Gasteiger partial charge in [0.25, 0.3) is 11.8 Å². The highest BCUT2D eigenvalue weighted by atomic mass is 32.1. The molecule has 2 amide bonds. The highest BCUT2D eigenvalue weighted by Crippen LogP contribution is 2.29. The van der Waals surface area contributed by atoms with Crippen LogP contribution in [0.2, 0.25) is 0 Å². The number of fused-ring (bicyclic) bond motifs is 1. The fourth-order valence-electron chi connectivity index (χ4n) is 2.86. The second kappa shape index (κ2) is 7.58. The van der Waals surface area contributed by atoms with Crippen LogP contribution < -0.4 is 15.8 Å². The van der Waals surface area contributed by atoms with E-state index in [9.17, 15) is 9.59 Å². The molecule has 4 aromatic rings. The zero-order valence-corrected chi connectivity index (χ0v) is 15.5. The topological polar surface area (TPSA) is 94.6 Å². The molecule has 0 saturated carbocycles. The molecule has 6 nitrogen and oxygen atoms in total. The number of nitrogens with one attached hydrogen (secondary N) is 1. The van der Waals surface area contributed by atoms with Crippen molar-refractivity contribution < 1.29 is 18.7 Å². The van der Waals surface area contributed by atoms with E-state index in [1.54, 1.807) is 17.5 Å². The summed E-state index contributed by atoms with van der Waals surface area (Å²) in [5, 5.41) is 5.58. The van der Waals surface area contributed by atoms with Gasteiger partial charge in [0.15, 0.2) is 5.76 Å². The Kier molecular flexibility index (Phi) is 4.82. The Bertz CT molecular complexity index is 1150. The van der Waals surface area contributed by atoms with Crippen LogP contribution in [-0.4, -0.2) is 11.8 Å². The Hall–Kier alpha value is -3.58. The van der Waals surface area contributed by atoms with Gasteiger partial charge in [-0.1, -0.05) is 36.4 Å². The normalized spacial score (nSPS) is 10.7. The maximum absolute atomic E-state index is 12.9. The fraction of sp³-hybridized carbons (Fsp3) is 0.0476. The standard InChI is InChI=1S/C21H16N2O4S/c22-19(24)15-10-11-28-21(15)23-20(25)18-16(12-26-13-6-2-1-3-7-13)14-8-4-5-9-17(14)27-18/h1-11H,12H2,(H2,22,24)(H,23,25). The van der Waals surface area contributed by atoms with Gasteiger partial charge in [0.2, 0.25) is 0 Å². The Morgan fingerprint density at radius 1 is 1.04 bits per heavy atom. The third-order valence-corrected chi connectivity index (χ3v) is 5.02. The van der Waals surface area contributed by atoms with Crippen LogP contribution in [0.25, 0.3) is 11.0 Å². The van der Waals surface area contributed by atoms with Crippen LogP contribution in [0.1, 0.15) is 26.5 Å². The first-order valence-electron chi connectivity index (χ1n) is 8.50. The number of thiophene rings is 1. The third-order valence-electron chi connectivity index (χ3n) is 4.19. The number of hydrogen-bond donors (Lipinski definition) is 2. The third kappa shape index (κ3) is 3.47. The SMILES string of the molecule is NC(=O)c1ccsc1NC(=O)c1oc2ccccc2c1COc1ccccc1. The first kappa shape index (κ1) is 17.8. The monoisotopic (exact) mass is 392 g/mol. The summed E-state index contributed by atoms with van der Waals surface area (Å²) in [7, 11) is 0. The molecule has 0 aliphatic rings. The molecular formula is C21H16N2O4S. The maximum atomic E-state index is 12.9. The molecule has 0 unspecified atom stereocenters. The largest absolute Gasteiger partial charge is 0.489 e. The van der Waals surface area contributed by atoms with Gasteiger partial charge in [-0.3, -0.25) is 9.59 Å². The molecule has 3 N–H and O–H groups in total. The molecule has 0 bridgehead atoms. The molecule has 0 radical (unpaired) electrons. The molecule has 28 heavy (non-hydrogen) atoms. The molecule has 0 spiro atoms.